The zero-order valence-corrected chi connectivity index (χ0v) is 10.8. The van der Waals surface area contributed by atoms with Crippen molar-refractivity contribution in [3.8, 4) is 0 Å². The quantitative estimate of drug-likeness (QED) is 0.894. The zero-order chi connectivity index (χ0) is 12.4. The first-order valence-corrected chi connectivity index (χ1v) is 6.21. The molecule has 1 atom stereocenters. The van der Waals surface area contributed by atoms with E-state index < -0.39 is 0 Å². The average Bonchev–Trinajstić information content (AvgIpc) is 2.22. The Morgan fingerprint density at radius 3 is 2.76 bits per heavy atom. The van der Waals surface area contributed by atoms with Gasteiger partial charge in [0.2, 0.25) is 0 Å². The maximum Gasteiger partial charge on any atom is 0.124 e. The van der Waals surface area contributed by atoms with Crippen LogP contribution in [0.2, 0.25) is 5.02 Å². The predicted molar refractivity (Wildman–Crippen MR) is 66.8 cm³/mol. The SMILES string of the molecule is COC1CC(NC(C)c2ccc(F)cc2Cl)C1. The highest BCUT2D eigenvalue weighted by Crippen LogP contribution is 2.28. The molecular weight excluding hydrogens is 241 g/mol. The highest BCUT2D eigenvalue weighted by molar-refractivity contribution is 6.31. The van der Waals surface area contributed by atoms with Gasteiger partial charge >= 0.3 is 0 Å². The van der Waals surface area contributed by atoms with E-state index in [1.807, 2.05) is 6.92 Å². The van der Waals surface area contributed by atoms with Crippen molar-refractivity contribution in [3.05, 3.63) is 34.6 Å². The molecule has 2 rings (SSSR count). The molecule has 1 aliphatic carbocycles. The van der Waals surface area contributed by atoms with Crippen LogP contribution < -0.4 is 5.32 Å². The molecule has 0 aliphatic heterocycles. The van der Waals surface area contributed by atoms with Crippen molar-refractivity contribution in [2.45, 2.75) is 38.0 Å². The number of methoxy groups -OCH3 is 1. The normalized spacial score (nSPS) is 25.4. The lowest BCUT2D eigenvalue weighted by molar-refractivity contribution is 0.0147. The third-order valence-corrected chi connectivity index (χ3v) is 3.67. The summed E-state index contributed by atoms with van der Waals surface area (Å²) in [7, 11) is 1.74. The minimum atomic E-state index is -0.297. The van der Waals surface area contributed by atoms with Crippen LogP contribution in [0.25, 0.3) is 0 Å². The smallest absolute Gasteiger partial charge is 0.124 e. The summed E-state index contributed by atoms with van der Waals surface area (Å²) >= 11 is 6.02. The molecule has 0 spiro atoms. The predicted octanol–water partition coefficient (Wildman–Crippen LogP) is 3.31. The summed E-state index contributed by atoms with van der Waals surface area (Å²) in [5.41, 5.74) is 0.939. The van der Waals surface area contributed by atoms with Crippen LogP contribution >= 0.6 is 11.6 Å². The maximum atomic E-state index is 12.9. The molecule has 1 aromatic rings. The van der Waals surface area contributed by atoms with Gasteiger partial charge in [-0.1, -0.05) is 17.7 Å². The van der Waals surface area contributed by atoms with Gasteiger partial charge in [0.05, 0.1) is 6.10 Å². The molecule has 4 heteroatoms. The molecule has 0 aromatic heterocycles. The molecule has 0 bridgehead atoms. The van der Waals surface area contributed by atoms with Gasteiger partial charge < -0.3 is 10.1 Å². The van der Waals surface area contributed by atoms with Crippen LogP contribution in [0.4, 0.5) is 4.39 Å². The van der Waals surface area contributed by atoms with Crippen LogP contribution in [0.3, 0.4) is 0 Å². The van der Waals surface area contributed by atoms with E-state index in [1.54, 1.807) is 13.2 Å². The fourth-order valence-electron chi connectivity index (χ4n) is 2.19. The lowest BCUT2D eigenvalue weighted by Crippen LogP contribution is -2.45. The number of ether oxygens (including phenoxy) is 1. The standard InChI is InChI=1S/C13H17ClFNO/c1-8(16-10-6-11(7-10)17-2)12-4-3-9(15)5-13(12)14/h3-5,8,10-11,16H,6-7H2,1-2H3. The Hall–Kier alpha value is -0.640. The van der Waals surface area contributed by atoms with Gasteiger partial charge in [-0.2, -0.15) is 0 Å². The van der Waals surface area contributed by atoms with Crippen LogP contribution in [0, 0.1) is 5.82 Å². The van der Waals surface area contributed by atoms with Gasteiger partial charge in [0.25, 0.3) is 0 Å². The lowest BCUT2D eigenvalue weighted by Gasteiger charge is -2.37. The molecule has 0 radical (unpaired) electrons. The van der Waals surface area contributed by atoms with Crippen molar-refractivity contribution >= 4 is 11.6 Å². The molecule has 94 valence electrons. The first-order valence-electron chi connectivity index (χ1n) is 5.84. The first-order chi connectivity index (χ1) is 8.10. The topological polar surface area (TPSA) is 21.3 Å². The van der Waals surface area contributed by atoms with Crippen molar-refractivity contribution in [3.63, 3.8) is 0 Å². The van der Waals surface area contributed by atoms with Gasteiger partial charge in [0.15, 0.2) is 0 Å². The van der Waals surface area contributed by atoms with Crippen molar-refractivity contribution < 1.29 is 9.13 Å². The third-order valence-electron chi connectivity index (χ3n) is 3.34. The summed E-state index contributed by atoms with van der Waals surface area (Å²) in [6, 6.07) is 5.13. The Balaban J connectivity index is 1.93. The van der Waals surface area contributed by atoms with Crippen molar-refractivity contribution in [1.82, 2.24) is 5.32 Å². The Morgan fingerprint density at radius 2 is 2.18 bits per heavy atom. The molecule has 1 saturated carbocycles. The van der Waals surface area contributed by atoms with Crippen LogP contribution in [0.1, 0.15) is 31.4 Å². The molecule has 0 saturated heterocycles. The minimum Gasteiger partial charge on any atom is -0.381 e. The number of rotatable bonds is 4. The van der Waals surface area contributed by atoms with E-state index in [2.05, 4.69) is 5.32 Å². The summed E-state index contributed by atoms with van der Waals surface area (Å²) in [6.45, 7) is 2.04. The van der Waals surface area contributed by atoms with Gasteiger partial charge in [-0.25, -0.2) is 4.39 Å². The third kappa shape index (κ3) is 2.97. The number of hydrogen-bond donors (Lipinski definition) is 1. The van der Waals surface area contributed by atoms with E-state index in [1.165, 1.54) is 12.1 Å². The van der Waals surface area contributed by atoms with Crippen LogP contribution in [0.5, 0.6) is 0 Å². The van der Waals surface area contributed by atoms with Gasteiger partial charge in [-0.05, 0) is 37.5 Å². The van der Waals surface area contributed by atoms with E-state index in [-0.39, 0.29) is 11.9 Å². The Morgan fingerprint density at radius 1 is 1.47 bits per heavy atom. The van der Waals surface area contributed by atoms with Gasteiger partial charge in [-0.15, -0.1) is 0 Å². The summed E-state index contributed by atoms with van der Waals surface area (Å²) in [5, 5.41) is 3.95. The van der Waals surface area contributed by atoms with E-state index in [9.17, 15) is 4.39 Å². The number of halogens is 2. The van der Waals surface area contributed by atoms with Gasteiger partial charge in [0.1, 0.15) is 5.82 Å². The van der Waals surface area contributed by atoms with Crippen LogP contribution in [-0.2, 0) is 4.74 Å². The van der Waals surface area contributed by atoms with Gasteiger partial charge in [0, 0.05) is 24.2 Å². The summed E-state index contributed by atoms with van der Waals surface area (Å²) in [6.07, 6.45) is 2.43. The van der Waals surface area contributed by atoms with E-state index in [0.717, 1.165) is 18.4 Å². The first kappa shape index (κ1) is 12.8. The second-order valence-corrected chi connectivity index (χ2v) is 4.99. The summed E-state index contributed by atoms with van der Waals surface area (Å²) in [4.78, 5) is 0. The van der Waals surface area contributed by atoms with Crippen LogP contribution in [0.15, 0.2) is 18.2 Å². The summed E-state index contributed by atoms with van der Waals surface area (Å²) < 4.78 is 18.2. The average molecular weight is 258 g/mol. The summed E-state index contributed by atoms with van der Waals surface area (Å²) in [5.74, 6) is -0.297. The fraction of sp³-hybridized carbons (Fsp3) is 0.538. The Kier molecular flexibility index (Phi) is 4.02. The van der Waals surface area contributed by atoms with Crippen molar-refractivity contribution in [2.75, 3.05) is 7.11 Å². The van der Waals surface area contributed by atoms with E-state index in [0.29, 0.717) is 17.2 Å². The Labute approximate surface area is 106 Å². The van der Waals surface area contributed by atoms with E-state index >= 15 is 0 Å². The fourth-order valence-corrected chi connectivity index (χ4v) is 2.52. The molecular formula is C13H17ClFNO. The second-order valence-electron chi connectivity index (χ2n) is 4.58. The molecule has 0 heterocycles. The largest absolute Gasteiger partial charge is 0.381 e. The number of nitrogens with one attached hydrogen (secondary N) is 1. The highest BCUT2D eigenvalue weighted by atomic mass is 35.5. The zero-order valence-electron chi connectivity index (χ0n) is 10.0. The molecule has 1 N–H and O–H groups in total. The molecule has 1 fully saturated rings. The molecule has 0 amide bonds. The Bertz CT molecular complexity index is 393. The monoisotopic (exact) mass is 257 g/mol. The molecule has 1 aromatic carbocycles. The minimum absolute atomic E-state index is 0.130. The maximum absolute atomic E-state index is 12.9. The molecule has 2 nitrogen and oxygen atoms in total. The lowest BCUT2D eigenvalue weighted by atomic mass is 9.88. The highest BCUT2D eigenvalue weighted by Gasteiger charge is 2.30. The number of hydrogen-bond acceptors (Lipinski definition) is 2. The van der Waals surface area contributed by atoms with Gasteiger partial charge in [-0.3, -0.25) is 0 Å². The van der Waals surface area contributed by atoms with E-state index in [4.69, 9.17) is 16.3 Å². The van der Waals surface area contributed by atoms with Crippen LogP contribution in [-0.4, -0.2) is 19.3 Å². The molecule has 1 aliphatic rings. The van der Waals surface area contributed by atoms with Crippen molar-refractivity contribution in [1.29, 1.82) is 0 Å². The molecule has 17 heavy (non-hydrogen) atoms. The second kappa shape index (κ2) is 5.34. The van der Waals surface area contributed by atoms with Crippen molar-refractivity contribution in [2.24, 2.45) is 0 Å². The number of benzene rings is 1. The molecule has 1 unspecified atom stereocenters.